The topological polar surface area (TPSA) is 64.1 Å². The number of rotatable bonds is 12. The predicted octanol–water partition coefficient (Wildman–Crippen LogP) is 3.59. The van der Waals surface area contributed by atoms with Crippen molar-refractivity contribution < 1.29 is 14.2 Å². The number of benzene rings is 1. The number of methoxy groups -OCH3 is 2. The lowest BCUT2D eigenvalue weighted by Gasteiger charge is -2.42. The standard InChI is InChI=1S/C21H35N3O3.HI/c1-22-20(24-17-21(9-5-10-21)11-14-26-3)23-16-18-7-4-8-19(15-18)27-13-6-12-25-2;/h4,7-8,15H,5-6,9-14,16-17H2,1-3H3,(H2,22,23,24);1H. The van der Waals surface area contributed by atoms with Gasteiger partial charge in [-0.3, -0.25) is 4.99 Å². The second kappa shape index (κ2) is 14.0. The third-order valence-electron chi connectivity index (χ3n) is 5.23. The Balaban J connectivity index is 0.00000392. The Morgan fingerprint density at radius 2 is 1.89 bits per heavy atom. The van der Waals surface area contributed by atoms with E-state index in [2.05, 4.69) is 27.8 Å². The summed E-state index contributed by atoms with van der Waals surface area (Å²) < 4.78 is 16.1. The molecule has 160 valence electrons. The summed E-state index contributed by atoms with van der Waals surface area (Å²) in [4.78, 5) is 4.36. The Labute approximate surface area is 186 Å². The van der Waals surface area contributed by atoms with Gasteiger partial charge in [0.05, 0.1) is 6.61 Å². The maximum absolute atomic E-state index is 5.77. The van der Waals surface area contributed by atoms with Crippen LogP contribution in [0.3, 0.4) is 0 Å². The van der Waals surface area contributed by atoms with Gasteiger partial charge in [0.2, 0.25) is 0 Å². The fourth-order valence-corrected chi connectivity index (χ4v) is 3.33. The zero-order chi connectivity index (χ0) is 19.4. The maximum Gasteiger partial charge on any atom is 0.191 e. The highest BCUT2D eigenvalue weighted by molar-refractivity contribution is 14.0. The van der Waals surface area contributed by atoms with Crippen molar-refractivity contribution in [1.82, 2.24) is 10.6 Å². The molecule has 0 unspecified atom stereocenters. The molecule has 1 aliphatic rings. The van der Waals surface area contributed by atoms with E-state index in [1.54, 1.807) is 14.2 Å². The first-order valence-electron chi connectivity index (χ1n) is 9.85. The lowest BCUT2D eigenvalue weighted by molar-refractivity contribution is 0.0732. The molecular formula is C21H36IN3O3. The highest BCUT2D eigenvalue weighted by atomic mass is 127. The molecule has 2 rings (SSSR count). The van der Waals surface area contributed by atoms with Crippen molar-refractivity contribution in [3.8, 4) is 5.75 Å². The van der Waals surface area contributed by atoms with Crippen molar-refractivity contribution in [3.63, 3.8) is 0 Å². The minimum atomic E-state index is 0. The van der Waals surface area contributed by atoms with Gasteiger partial charge in [-0.05, 0) is 42.4 Å². The van der Waals surface area contributed by atoms with Crippen LogP contribution in [0.15, 0.2) is 29.3 Å². The summed E-state index contributed by atoms with van der Waals surface area (Å²) in [5.74, 6) is 1.73. The fraction of sp³-hybridized carbons (Fsp3) is 0.667. The number of halogens is 1. The van der Waals surface area contributed by atoms with Crippen LogP contribution in [0, 0.1) is 5.41 Å². The number of hydrogen-bond donors (Lipinski definition) is 2. The molecule has 1 aromatic carbocycles. The van der Waals surface area contributed by atoms with E-state index in [4.69, 9.17) is 14.2 Å². The number of nitrogens with one attached hydrogen (secondary N) is 2. The summed E-state index contributed by atoms with van der Waals surface area (Å²) in [7, 11) is 5.29. The van der Waals surface area contributed by atoms with Crippen molar-refractivity contribution in [2.24, 2.45) is 10.4 Å². The van der Waals surface area contributed by atoms with Gasteiger partial charge in [0.15, 0.2) is 5.96 Å². The molecule has 0 bridgehead atoms. The number of aliphatic imine (C=N–C) groups is 1. The number of nitrogens with zero attached hydrogens (tertiary/aromatic N) is 1. The van der Waals surface area contributed by atoms with Crippen LogP contribution in [0.25, 0.3) is 0 Å². The Morgan fingerprint density at radius 3 is 2.54 bits per heavy atom. The zero-order valence-electron chi connectivity index (χ0n) is 17.5. The van der Waals surface area contributed by atoms with Gasteiger partial charge in [-0.15, -0.1) is 24.0 Å². The number of ether oxygens (including phenoxy) is 3. The normalized spacial score (nSPS) is 15.3. The van der Waals surface area contributed by atoms with Gasteiger partial charge in [-0.2, -0.15) is 0 Å². The summed E-state index contributed by atoms with van der Waals surface area (Å²) in [5.41, 5.74) is 1.53. The lowest BCUT2D eigenvalue weighted by Crippen LogP contribution is -2.46. The lowest BCUT2D eigenvalue weighted by atomic mass is 9.67. The first kappa shape index (κ1) is 25.0. The van der Waals surface area contributed by atoms with E-state index in [9.17, 15) is 0 Å². The van der Waals surface area contributed by atoms with Crippen LogP contribution in [-0.2, 0) is 16.0 Å². The third kappa shape index (κ3) is 8.53. The summed E-state index contributed by atoms with van der Waals surface area (Å²) >= 11 is 0. The van der Waals surface area contributed by atoms with Crippen LogP contribution < -0.4 is 15.4 Å². The SMILES string of the molecule is CN=C(NCc1cccc(OCCCOC)c1)NCC1(CCOC)CCC1.I. The van der Waals surface area contributed by atoms with Gasteiger partial charge in [0, 0.05) is 54.0 Å². The van der Waals surface area contributed by atoms with E-state index in [1.807, 2.05) is 19.2 Å². The maximum atomic E-state index is 5.77. The zero-order valence-corrected chi connectivity index (χ0v) is 19.8. The fourth-order valence-electron chi connectivity index (χ4n) is 3.33. The molecule has 0 aliphatic heterocycles. The Hall–Kier alpha value is -1.06. The van der Waals surface area contributed by atoms with Crippen molar-refractivity contribution in [1.29, 1.82) is 0 Å². The van der Waals surface area contributed by atoms with Crippen LogP contribution >= 0.6 is 24.0 Å². The van der Waals surface area contributed by atoms with Crippen LogP contribution in [0.2, 0.25) is 0 Å². The van der Waals surface area contributed by atoms with Gasteiger partial charge in [0.1, 0.15) is 5.75 Å². The average molecular weight is 505 g/mol. The molecular weight excluding hydrogens is 469 g/mol. The molecule has 0 aromatic heterocycles. The van der Waals surface area contributed by atoms with Gasteiger partial charge >= 0.3 is 0 Å². The average Bonchev–Trinajstić information content (AvgIpc) is 2.66. The molecule has 1 saturated carbocycles. The first-order chi connectivity index (χ1) is 13.2. The summed E-state index contributed by atoms with van der Waals surface area (Å²) in [5, 5.41) is 6.89. The Kier molecular flexibility index (Phi) is 12.5. The third-order valence-corrected chi connectivity index (χ3v) is 5.23. The van der Waals surface area contributed by atoms with E-state index in [1.165, 1.54) is 24.8 Å². The monoisotopic (exact) mass is 505 g/mol. The second-order valence-corrected chi connectivity index (χ2v) is 7.22. The molecule has 0 heterocycles. The van der Waals surface area contributed by atoms with Gasteiger partial charge in [-0.1, -0.05) is 18.6 Å². The molecule has 6 nitrogen and oxygen atoms in total. The van der Waals surface area contributed by atoms with E-state index < -0.39 is 0 Å². The minimum Gasteiger partial charge on any atom is -0.493 e. The Bertz CT molecular complexity index is 580. The van der Waals surface area contributed by atoms with Gasteiger partial charge in [-0.25, -0.2) is 0 Å². The number of guanidine groups is 1. The molecule has 7 heteroatoms. The molecule has 0 atom stereocenters. The first-order valence-corrected chi connectivity index (χ1v) is 9.85. The predicted molar refractivity (Wildman–Crippen MR) is 125 cm³/mol. The van der Waals surface area contributed by atoms with Crippen LogP contribution in [0.5, 0.6) is 5.75 Å². The molecule has 2 N–H and O–H groups in total. The van der Waals surface area contributed by atoms with Crippen molar-refractivity contribution in [2.45, 2.75) is 38.6 Å². The second-order valence-electron chi connectivity index (χ2n) is 7.22. The summed E-state index contributed by atoms with van der Waals surface area (Å²) in [6.07, 6.45) is 5.84. The van der Waals surface area contributed by atoms with Crippen molar-refractivity contribution in [2.75, 3.05) is 47.6 Å². The molecule has 0 spiro atoms. The van der Waals surface area contributed by atoms with E-state index in [0.29, 0.717) is 18.6 Å². The van der Waals surface area contributed by atoms with E-state index >= 15 is 0 Å². The van der Waals surface area contributed by atoms with Gasteiger partial charge in [0.25, 0.3) is 0 Å². The molecule has 0 saturated heterocycles. The molecule has 1 fully saturated rings. The highest BCUT2D eigenvalue weighted by Crippen LogP contribution is 2.43. The Morgan fingerprint density at radius 1 is 1.11 bits per heavy atom. The van der Waals surface area contributed by atoms with Crippen LogP contribution in [0.4, 0.5) is 0 Å². The smallest absolute Gasteiger partial charge is 0.191 e. The van der Waals surface area contributed by atoms with Crippen molar-refractivity contribution >= 4 is 29.9 Å². The summed E-state index contributed by atoms with van der Waals surface area (Å²) in [6.45, 7) is 3.86. The van der Waals surface area contributed by atoms with Crippen LogP contribution in [0.1, 0.15) is 37.7 Å². The number of hydrogen-bond acceptors (Lipinski definition) is 4. The van der Waals surface area contributed by atoms with Crippen LogP contribution in [-0.4, -0.2) is 53.6 Å². The van der Waals surface area contributed by atoms with E-state index in [-0.39, 0.29) is 24.0 Å². The largest absolute Gasteiger partial charge is 0.493 e. The van der Waals surface area contributed by atoms with Gasteiger partial charge < -0.3 is 24.8 Å². The van der Waals surface area contributed by atoms with Crippen molar-refractivity contribution in [3.05, 3.63) is 29.8 Å². The molecule has 1 aliphatic carbocycles. The quantitative estimate of drug-likeness (QED) is 0.197. The minimum absolute atomic E-state index is 0. The summed E-state index contributed by atoms with van der Waals surface area (Å²) in [6, 6.07) is 8.17. The highest BCUT2D eigenvalue weighted by Gasteiger charge is 2.36. The van der Waals surface area contributed by atoms with E-state index in [0.717, 1.165) is 44.3 Å². The molecule has 0 amide bonds. The molecule has 1 aromatic rings. The molecule has 0 radical (unpaired) electrons. The molecule has 28 heavy (non-hydrogen) atoms.